The summed E-state index contributed by atoms with van der Waals surface area (Å²) >= 11 is 1.98. The minimum Gasteiger partial charge on any atom is -0.458 e. The van der Waals surface area contributed by atoms with Crippen LogP contribution in [-0.4, -0.2) is 6.71 Å². The van der Waals surface area contributed by atoms with Crippen molar-refractivity contribution in [1.82, 2.24) is 0 Å². The summed E-state index contributed by atoms with van der Waals surface area (Å²) in [4.78, 5) is 2.60. The Hall–Kier alpha value is -5.58. The lowest BCUT2D eigenvalue weighted by Gasteiger charge is -2.41. The van der Waals surface area contributed by atoms with Gasteiger partial charge in [-0.15, -0.1) is 11.3 Å². The number of hydrogen-bond acceptors (Lipinski definition) is 3. The van der Waals surface area contributed by atoms with E-state index < -0.39 is 0 Å². The second-order valence-corrected chi connectivity index (χ2v) is 21.5. The molecular formula is C56H50BNOS. The number of nitrogens with zero attached hydrogens (tertiary/aromatic N) is 1. The zero-order chi connectivity index (χ0) is 41.0. The minimum absolute atomic E-state index is 0.00284. The van der Waals surface area contributed by atoms with Crippen molar-refractivity contribution in [3.05, 3.63) is 155 Å². The van der Waals surface area contributed by atoms with E-state index in [1.54, 1.807) is 5.56 Å². The molecule has 0 radical (unpaired) electrons. The van der Waals surface area contributed by atoms with Crippen LogP contribution in [-0.2, 0) is 29.1 Å². The number of hydrogen-bond donors (Lipinski definition) is 0. The van der Waals surface area contributed by atoms with Gasteiger partial charge in [-0.25, -0.2) is 0 Å². The Morgan fingerprint density at radius 1 is 0.650 bits per heavy atom. The fourth-order valence-electron chi connectivity index (χ4n) is 11.1. The van der Waals surface area contributed by atoms with Crippen molar-refractivity contribution in [3.63, 3.8) is 0 Å². The van der Waals surface area contributed by atoms with E-state index in [2.05, 4.69) is 182 Å². The first kappa shape index (κ1) is 36.3. The Morgan fingerprint density at radius 2 is 1.42 bits per heavy atom. The quantitative estimate of drug-likeness (QED) is 0.162. The molecule has 60 heavy (non-hydrogen) atoms. The van der Waals surface area contributed by atoms with Gasteiger partial charge in [0.15, 0.2) is 0 Å². The smallest absolute Gasteiger partial charge is 0.256 e. The molecule has 0 amide bonds. The van der Waals surface area contributed by atoms with Crippen molar-refractivity contribution in [2.24, 2.45) is 0 Å². The molecule has 4 heteroatoms. The number of rotatable bonds is 2. The third-order valence-electron chi connectivity index (χ3n) is 14.4. The zero-order valence-electron chi connectivity index (χ0n) is 36.0. The van der Waals surface area contributed by atoms with E-state index >= 15 is 0 Å². The van der Waals surface area contributed by atoms with Gasteiger partial charge in [0.2, 0.25) is 0 Å². The lowest BCUT2D eigenvalue weighted by atomic mass is 9.34. The van der Waals surface area contributed by atoms with E-state index in [9.17, 15) is 0 Å². The summed E-state index contributed by atoms with van der Waals surface area (Å²) in [5.41, 5.74) is 21.1. The highest BCUT2D eigenvalue weighted by molar-refractivity contribution is 7.26. The molecule has 0 atom stereocenters. The van der Waals surface area contributed by atoms with E-state index in [1.807, 2.05) is 11.3 Å². The molecule has 0 bridgehead atoms. The SMILES string of the molecule is CC(C)(C)c1ccc(N2c3cc(-c4ccc5c(c4)C(C)(C)c4ccccc4-5)cc4c3B(c3cc(C(C)(C)C)ccc3O4)c3ccc4c(sc5ccc6c(c54)CCC6)c32)cc1. The summed E-state index contributed by atoms with van der Waals surface area (Å²) in [6.07, 6.45) is 3.58. The largest absolute Gasteiger partial charge is 0.458 e. The number of aryl methyl sites for hydroxylation is 2. The first-order chi connectivity index (χ1) is 28.8. The van der Waals surface area contributed by atoms with Gasteiger partial charge in [-0.05, 0) is 145 Å². The molecule has 7 aromatic carbocycles. The maximum atomic E-state index is 7.16. The van der Waals surface area contributed by atoms with Gasteiger partial charge in [0.25, 0.3) is 6.71 Å². The summed E-state index contributed by atoms with van der Waals surface area (Å²) in [6.45, 7) is 18.6. The molecule has 1 aromatic heterocycles. The first-order valence-electron chi connectivity index (χ1n) is 21.9. The van der Waals surface area contributed by atoms with Crippen LogP contribution in [0.15, 0.2) is 121 Å². The molecule has 0 N–H and O–H groups in total. The highest BCUT2D eigenvalue weighted by atomic mass is 32.1. The molecule has 4 aliphatic rings. The number of ether oxygens (including phenoxy) is 1. The lowest BCUT2D eigenvalue weighted by molar-refractivity contribution is 0.486. The van der Waals surface area contributed by atoms with Crippen LogP contribution in [0, 0.1) is 0 Å². The third-order valence-corrected chi connectivity index (χ3v) is 15.6. The minimum atomic E-state index is -0.0948. The third kappa shape index (κ3) is 5.07. The predicted octanol–water partition coefficient (Wildman–Crippen LogP) is 13.5. The standard InChI is InChI=1S/C56H50BNOS/c1-54(2,3)35-18-21-37(22-19-35)58-46-29-34(33-16-23-40-39-13-9-10-15-42(39)56(7,8)43(40)28-33)30-48-51(46)57(45-31-36(55(4,5)6)20-26-47(45)59-48)44-25-24-41-50-38-14-11-12-32(38)17-27-49(50)60-53(41)52(44)58/h9-10,13,15-31H,11-12,14H2,1-8H3. The molecular weight excluding hydrogens is 746 g/mol. The summed E-state index contributed by atoms with van der Waals surface area (Å²) in [6, 6.07) is 47.0. The maximum Gasteiger partial charge on any atom is 0.256 e. The summed E-state index contributed by atoms with van der Waals surface area (Å²) < 4.78 is 9.93. The zero-order valence-corrected chi connectivity index (χ0v) is 36.8. The Bertz CT molecular complexity index is 3150. The van der Waals surface area contributed by atoms with Crippen molar-refractivity contribution >= 4 is 71.7 Å². The molecule has 0 spiro atoms. The van der Waals surface area contributed by atoms with Gasteiger partial charge < -0.3 is 9.64 Å². The molecule has 294 valence electrons. The summed E-state index contributed by atoms with van der Waals surface area (Å²) in [7, 11) is 0. The number of fused-ring (bicyclic) bond motifs is 13. The Balaban J connectivity index is 1.16. The van der Waals surface area contributed by atoms with Crippen LogP contribution in [0.5, 0.6) is 11.5 Å². The molecule has 0 saturated heterocycles. The van der Waals surface area contributed by atoms with Crippen LogP contribution < -0.4 is 26.0 Å². The first-order valence-corrected chi connectivity index (χ1v) is 22.7. The van der Waals surface area contributed by atoms with Crippen LogP contribution in [0.3, 0.4) is 0 Å². The van der Waals surface area contributed by atoms with Gasteiger partial charge in [-0.1, -0.05) is 134 Å². The van der Waals surface area contributed by atoms with Gasteiger partial charge in [-0.3, -0.25) is 0 Å². The van der Waals surface area contributed by atoms with E-state index in [0.717, 1.165) is 17.9 Å². The normalized spacial score (nSPS) is 15.7. The highest BCUT2D eigenvalue weighted by Gasteiger charge is 2.44. The molecule has 2 nitrogen and oxygen atoms in total. The van der Waals surface area contributed by atoms with Crippen molar-refractivity contribution in [3.8, 4) is 33.8 Å². The van der Waals surface area contributed by atoms with Gasteiger partial charge in [0.05, 0.1) is 10.4 Å². The molecule has 3 heterocycles. The van der Waals surface area contributed by atoms with Crippen molar-refractivity contribution in [2.45, 2.75) is 90.9 Å². The van der Waals surface area contributed by atoms with Crippen molar-refractivity contribution < 1.29 is 4.74 Å². The second kappa shape index (κ2) is 12.3. The maximum absolute atomic E-state index is 7.16. The fraction of sp³-hybridized carbons (Fsp3) is 0.250. The average molecular weight is 796 g/mol. The number of thiophene rings is 1. The molecule has 0 saturated carbocycles. The Labute approximate surface area is 359 Å². The average Bonchev–Trinajstić information content (AvgIpc) is 3.92. The molecule has 2 aliphatic heterocycles. The van der Waals surface area contributed by atoms with Crippen LogP contribution in [0.2, 0.25) is 0 Å². The van der Waals surface area contributed by atoms with Crippen molar-refractivity contribution in [1.29, 1.82) is 0 Å². The Morgan fingerprint density at radius 3 is 2.22 bits per heavy atom. The van der Waals surface area contributed by atoms with Gasteiger partial charge in [0, 0.05) is 32.3 Å². The fourth-order valence-corrected chi connectivity index (χ4v) is 12.4. The predicted molar refractivity (Wildman–Crippen MR) is 258 cm³/mol. The molecule has 0 fully saturated rings. The van der Waals surface area contributed by atoms with Crippen molar-refractivity contribution in [2.75, 3.05) is 4.90 Å². The van der Waals surface area contributed by atoms with E-state index in [-0.39, 0.29) is 23.0 Å². The Kier molecular flexibility index (Phi) is 7.42. The van der Waals surface area contributed by atoms with Crippen LogP contribution in [0.1, 0.15) is 95.2 Å². The van der Waals surface area contributed by atoms with Crippen LogP contribution in [0.25, 0.3) is 42.4 Å². The molecule has 8 aromatic rings. The van der Waals surface area contributed by atoms with E-state index in [1.165, 1.54) is 117 Å². The molecule has 12 rings (SSSR count). The number of benzene rings is 7. The van der Waals surface area contributed by atoms with Crippen LogP contribution >= 0.6 is 11.3 Å². The lowest BCUT2D eigenvalue weighted by Crippen LogP contribution is -2.59. The number of anilines is 3. The van der Waals surface area contributed by atoms with Gasteiger partial charge in [0.1, 0.15) is 11.5 Å². The molecule has 2 aliphatic carbocycles. The van der Waals surface area contributed by atoms with E-state index in [0.29, 0.717) is 0 Å². The van der Waals surface area contributed by atoms with E-state index in [4.69, 9.17) is 4.74 Å². The summed E-state index contributed by atoms with van der Waals surface area (Å²) in [5.74, 6) is 1.90. The second-order valence-electron chi connectivity index (χ2n) is 20.4. The monoisotopic (exact) mass is 795 g/mol. The van der Waals surface area contributed by atoms with Gasteiger partial charge >= 0.3 is 0 Å². The summed E-state index contributed by atoms with van der Waals surface area (Å²) in [5, 5.41) is 2.86. The topological polar surface area (TPSA) is 12.5 Å². The van der Waals surface area contributed by atoms with Gasteiger partial charge in [-0.2, -0.15) is 0 Å². The highest BCUT2D eigenvalue weighted by Crippen LogP contribution is 2.52. The van der Waals surface area contributed by atoms with Crippen LogP contribution in [0.4, 0.5) is 17.1 Å². The molecule has 0 unspecified atom stereocenters.